The third kappa shape index (κ3) is 5.09. The Hall–Kier alpha value is -0.610. The molecular weight excluding hydrogens is 156 g/mol. The predicted octanol–water partition coefficient (Wildman–Crippen LogP) is -0.565. The monoisotopic (exact) mass is 174 g/mol. The number of carbonyl (C=O) groups excluding carboxylic acids is 1. The van der Waals surface area contributed by atoms with Gasteiger partial charge in [-0.15, -0.1) is 0 Å². The molecule has 0 aliphatic carbocycles. The van der Waals surface area contributed by atoms with Gasteiger partial charge in [0.1, 0.15) is 0 Å². The van der Waals surface area contributed by atoms with E-state index in [0.29, 0.717) is 19.5 Å². The van der Waals surface area contributed by atoms with Crippen LogP contribution in [0, 0.1) is 0 Å². The van der Waals surface area contributed by atoms with Crippen molar-refractivity contribution in [2.75, 3.05) is 27.2 Å². The number of amides is 1. The quantitative estimate of drug-likeness (QED) is 0.587. The number of aliphatic hydroxyl groups is 1. The molecule has 0 heterocycles. The predicted molar refractivity (Wildman–Crippen MR) is 47.9 cm³/mol. The number of hydrogen-bond donors (Lipinski definition) is 2. The van der Waals surface area contributed by atoms with E-state index < -0.39 is 0 Å². The van der Waals surface area contributed by atoms with Crippen molar-refractivity contribution in [3.8, 4) is 0 Å². The molecule has 2 N–H and O–H groups in total. The van der Waals surface area contributed by atoms with Crippen LogP contribution in [0.3, 0.4) is 0 Å². The number of hydrogen-bond acceptors (Lipinski definition) is 3. The lowest BCUT2D eigenvalue weighted by Gasteiger charge is -2.12. The van der Waals surface area contributed by atoms with E-state index in [1.165, 1.54) is 4.90 Å². The van der Waals surface area contributed by atoms with E-state index in [-0.39, 0.29) is 12.0 Å². The minimum atomic E-state index is -0.347. The molecule has 0 bridgehead atoms. The Bertz CT molecular complexity index is 137. The molecule has 1 atom stereocenters. The Balaban J connectivity index is 3.37. The van der Waals surface area contributed by atoms with Crippen LogP contribution in [0.25, 0.3) is 0 Å². The van der Waals surface area contributed by atoms with Crippen LogP contribution in [0.5, 0.6) is 0 Å². The number of rotatable bonds is 5. The summed E-state index contributed by atoms with van der Waals surface area (Å²) in [6.45, 7) is 2.68. The maximum absolute atomic E-state index is 11.0. The molecule has 4 nitrogen and oxygen atoms in total. The first-order valence-corrected chi connectivity index (χ1v) is 4.16. The van der Waals surface area contributed by atoms with Crippen molar-refractivity contribution in [2.45, 2.75) is 19.4 Å². The number of carbonyl (C=O) groups is 1. The van der Waals surface area contributed by atoms with E-state index >= 15 is 0 Å². The lowest BCUT2D eigenvalue weighted by Crippen LogP contribution is -2.36. The Labute approximate surface area is 73.6 Å². The Morgan fingerprint density at radius 2 is 2.17 bits per heavy atom. The highest BCUT2D eigenvalue weighted by atomic mass is 16.3. The van der Waals surface area contributed by atoms with Gasteiger partial charge in [-0.05, 0) is 6.42 Å². The molecule has 0 saturated carbocycles. The standard InChI is InChI=1S/C8H18N2O2/c1-4-7(11)5-9-6-8(12)10(2)3/h7,9,11H,4-6H2,1-3H3. The van der Waals surface area contributed by atoms with Crippen molar-refractivity contribution in [3.05, 3.63) is 0 Å². The molecule has 1 amide bonds. The summed E-state index contributed by atoms with van der Waals surface area (Å²) >= 11 is 0. The fourth-order valence-corrected chi connectivity index (χ4v) is 0.648. The molecule has 0 aromatic heterocycles. The summed E-state index contributed by atoms with van der Waals surface area (Å²) in [4.78, 5) is 12.5. The third-order valence-corrected chi connectivity index (χ3v) is 1.63. The molecular formula is C8H18N2O2. The van der Waals surface area contributed by atoms with Crippen LogP contribution in [-0.4, -0.2) is 49.2 Å². The molecule has 4 heteroatoms. The second-order valence-electron chi connectivity index (χ2n) is 2.98. The zero-order chi connectivity index (χ0) is 9.56. The van der Waals surface area contributed by atoms with E-state index in [4.69, 9.17) is 5.11 Å². The van der Waals surface area contributed by atoms with E-state index in [1.807, 2.05) is 6.92 Å². The molecule has 0 rings (SSSR count). The molecule has 0 fully saturated rings. The Morgan fingerprint density at radius 3 is 2.58 bits per heavy atom. The fourth-order valence-electron chi connectivity index (χ4n) is 0.648. The molecule has 0 radical (unpaired) electrons. The summed E-state index contributed by atoms with van der Waals surface area (Å²) in [5.41, 5.74) is 0. The van der Waals surface area contributed by atoms with Crippen molar-refractivity contribution < 1.29 is 9.90 Å². The summed E-state index contributed by atoms with van der Waals surface area (Å²) in [7, 11) is 3.42. The maximum Gasteiger partial charge on any atom is 0.236 e. The number of nitrogens with one attached hydrogen (secondary N) is 1. The first-order chi connectivity index (χ1) is 5.57. The Kier molecular flexibility index (Phi) is 5.66. The van der Waals surface area contributed by atoms with Crippen molar-refractivity contribution in [3.63, 3.8) is 0 Å². The summed E-state index contributed by atoms with van der Waals surface area (Å²) in [6.07, 6.45) is 0.364. The summed E-state index contributed by atoms with van der Waals surface area (Å²) in [5.74, 6) is 0.0262. The molecule has 0 aliphatic heterocycles. The topological polar surface area (TPSA) is 52.6 Å². The van der Waals surface area contributed by atoms with E-state index in [1.54, 1.807) is 14.1 Å². The molecule has 1 unspecified atom stereocenters. The van der Waals surface area contributed by atoms with Gasteiger partial charge in [0.05, 0.1) is 12.6 Å². The van der Waals surface area contributed by atoms with Gasteiger partial charge in [-0.25, -0.2) is 0 Å². The summed E-state index contributed by atoms with van der Waals surface area (Å²) < 4.78 is 0. The SMILES string of the molecule is CCC(O)CNCC(=O)N(C)C. The van der Waals surface area contributed by atoms with Crippen LogP contribution >= 0.6 is 0 Å². The highest BCUT2D eigenvalue weighted by Gasteiger charge is 2.04. The van der Waals surface area contributed by atoms with Crippen LogP contribution in [0.2, 0.25) is 0 Å². The number of nitrogens with zero attached hydrogens (tertiary/aromatic N) is 1. The van der Waals surface area contributed by atoms with Crippen LogP contribution in [0.1, 0.15) is 13.3 Å². The summed E-state index contributed by atoms with van der Waals surface area (Å²) in [6, 6.07) is 0. The van der Waals surface area contributed by atoms with Crippen LogP contribution < -0.4 is 5.32 Å². The van der Waals surface area contributed by atoms with Gasteiger partial charge >= 0.3 is 0 Å². The van der Waals surface area contributed by atoms with Crippen molar-refractivity contribution in [1.82, 2.24) is 10.2 Å². The first kappa shape index (κ1) is 11.4. The van der Waals surface area contributed by atoms with E-state index in [2.05, 4.69) is 5.32 Å². The lowest BCUT2D eigenvalue weighted by atomic mass is 10.3. The average Bonchev–Trinajstić information content (AvgIpc) is 2.03. The van der Waals surface area contributed by atoms with Gasteiger partial charge in [-0.3, -0.25) is 4.79 Å². The second-order valence-corrected chi connectivity index (χ2v) is 2.98. The second kappa shape index (κ2) is 5.97. The van der Waals surface area contributed by atoms with Gasteiger partial charge in [0.2, 0.25) is 5.91 Å². The number of likely N-dealkylation sites (N-methyl/N-ethyl adjacent to an activating group) is 1. The van der Waals surface area contributed by atoms with Gasteiger partial charge in [0, 0.05) is 20.6 Å². The summed E-state index contributed by atoms with van der Waals surface area (Å²) in [5, 5.41) is 12.0. The van der Waals surface area contributed by atoms with Gasteiger partial charge in [-0.1, -0.05) is 6.92 Å². The fraction of sp³-hybridized carbons (Fsp3) is 0.875. The van der Waals surface area contributed by atoms with Crippen LogP contribution in [-0.2, 0) is 4.79 Å². The molecule has 72 valence electrons. The molecule has 0 aliphatic rings. The number of aliphatic hydroxyl groups excluding tert-OH is 1. The van der Waals surface area contributed by atoms with E-state index in [9.17, 15) is 4.79 Å². The smallest absolute Gasteiger partial charge is 0.236 e. The van der Waals surface area contributed by atoms with Crippen LogP contribution in [0.15, 0.2) is 0 Å². The zero-order valence-electron chi connectivity index (χ0n) is 8.00. The lowest BCUT2D eigenvalue weighted by molar-refractivity contribution is -0.127. The molecule has 12 heavy (non-hydrogen) atoms. The normalized spacial score (nSPS) is 12.7. The van der Waals surface area contributed by atoms with Crippen molar-refractivity contribution in [1.29, 1.82) is 0 Å². The first-order valence-electron chi connectivity index (χ1n) is 4.16. The van der Waals surface area contributed by atoms with Crippen LogP contribution in [0.4, 0.5) is 0 Å². The van der Waals surface area contributed by atoms with Gasteiger partial charge < -0.3 is 15.3 Å². The van der Waals surface area contributed by atoms with Crippen molar-refractivity contribution in [2.24, 2.45) is 0 Å². The highest BCUT2D eigenvalue weighted by molar-refractivity contribution is 5.77. The van der Waals surface area contributed by atoms with Crippen molar-refractivity contribution >= 4 is 5.91 Å². The average molecular weight is 174 g/mol. The minimum absolute atomic E-state index is 0.0262. The minimum Gasteiger partial charge on any atom is -0.392 e. The largest absolute Gasteiger partial charge is 0.392 e. The van der Waals surface area contributed by atoms with Gasteiger partial charge in [0.15, 0.2) is 0 Å². The molecule has 0 aromatic carbocycles. The molecule has 0 spiro atoms. The zero-order valence-corrected chi connectivity index (χ0v) is 8.00. The van der Waals surface area contributed by atoms with Gasteiger partial charge in [0.25, 0.3) is 0 Å². The molecule has 0 saturated heterocycles. The molecule has 0 aromatic rings. The van der Waals surface area contributed by atoms with Gasteiger partial charge in [-0.2, -0.15) is 0 Å². The van der Waals surface area contributed by atoms with E-state index in [0.717, 1.165) is 0 Å². The Morgan fingerprint density at radius 1 is 1.58 bits per heavy atom. The third-order valence-electron chi connectivity index (χ3n) is 1.63. The maximum atomic E-state index is 11.0. The highest BCUT2D eigenvalue weighted by Crippen LogP contribution is 1.86.